The van der Waals surface area contributed by atoms with Crippen molar-refractivity contribution in [3.8, 4) is 0 Å². The molecule has 1 atom stereocenters. The number of amides is 1. The molecule has 2 aromatic heterocycles. The maximum absolute atomic E-state index is 12.8. The normalized spacial score (nSPS) is 16.9. The van der Waals surface area contributed by atoms with Crippen molar-refractivity contribution in [3.63, 3.8) is 0 Å². The number of hydrogen-bond donors (Lipinski definition) is 1. The molecule has 0 aromatic carbocycles. The highest BCUT2D eigenvalue weighted by molar-refractivity contribution is 6.07. The van der Waals surface area contributed by atoms with Crippen LogP contribution < -0.4 is 5.32 Å². The molecule has 1 unspecified atom stereocenters. The summed E-state index contributed by atoms with van der Waals surface area (Å²) in [6.45, 7) is 6.61. The third-order valence-electron chi connectivity index (χ3n) is 4.94. The smallest absolute Gasteiger partial charge is 0.360 e. The van der Waals surface area contributed by atoms with E-state index in [1.54, 1.807) is 13.2 Å². The molecule has 26 heavy (non-hydrogen) atoms. The van der Waals surface area contributed by atoms with Crippen LogP contribution in [0.15, 0.2) is 10.7 Å². The molecule has 0 saturated heterocycles. The van der Waals surface area contributed by atoms with Gasteiger partial charge in [0.2, 0.25) is 0 Å². The van der Waals surface area contributed by atoms with Gasteiger partial charge in [0.05, 0.1) is 12.8 Å². The summed E-state index contributed by atoms with van der Waals surface area (Å²) in [4.78, 5) is 24.6. The van der Waals surface area contributed by atoms with Crippen molar-refractivity contribution in [2.75, 3.05) is 12.4 Å². The Labute approximate surface area is 151 Å². The van der Waals surface area contributed by atoms with Crippen LogP contribution in [0.4, 0.5) is 5.69 Å². The van der Waals surface area contributed by atoms with Gasteiger partial charge in [-0.1, -0.05) is 25.9 Å². The number of methoxy groups -OCH3 is 1. The highest BCUT2D eigenvalue weighted by atomic mass is 16.5. The van der Waals surface area contributed by atoms with Gasteiger partial charge in [0, 0.05) is 25.2 Å². The Kier molecular flexibility index (Phi) is 4.60. The number of aryl methyl sites for hydroxylation is 2. The molecule has 0 spiro atoms. The van der Waals surface area contributed by atoms with Crippen LogP contribution in [0.1, 0.15) is 59.5 Å². The lowest BCUT2D eigenvalue weighted by atomic mass is 9.71. The first-order valence-electron chi connectivity index (χ1n) is 8.61. The fraction of sp³-hybridized carbons (Fsp3) is 0.556. The fourth-order valence-corrected chi connectivity index (χ4v) is 3.33. The highest BCUT2D eigenvalue weighted by Crippen LogP contribution is 2.38. The van der Waals surface area contributed by atoms with Crippen LogP contribution in [0.5, 0.6) is 0 Å². The van der Waals surface area contributed by atoms with Crippen LogP contribution in [0, 0.1) is 11.3 Å². The van der Waals surface area contributed by atoms with Gasteiger partial charge in [-0.25, -0.2) is 4.79 Å². The van der Waals surface area contributed by atoms with Crippen LogP contribution in [0.2, 0.25) is 0 Å². The molecule has 1 N–H and O–H groups in total. The number of carbonyl (C=O) groups excluding carboxylic acids is 2. The second-order valence-electron chi connectivity index (χ2n) is 7.75. The number of esters is 1. The Morgan fingerprint density at radius 2 is 2.08 bits per heavy atom. The summed E-state index contributed by atoms with van der Waals surface area (Å²) in [6.07, 6.45) is 4.09. The monoisotopic (exact) mass is 360 g/mol. The summed E-state index contributed by atoms with van der Waals surface area (Å²) in [5, 5.41) is 10.7. The van der Waals surface area contributed by atoms with Crippen LogP contribution in [-0.4, -0.2) is 33.9 Å². The van der Waals surface area contributed by atoms with E-state index in [2.05, 4.69) is 36.3 Å². The van der Waals surface area contributed by atoms with E-state index in [0.29, 0.717) is 5.92 Å². The number of carbonyl (C=O) groups is 2. The van der Waals surface area contributed by atoms with E-state index < -0.39 is 11.9 Å². The third kappa shape index (κ3) is 3.36. The Morgan fingerprint density at radius 1 is 1.35 bits per heavy atom. The van der Waals surface area contributed by atoms with Gasteiger partial charge in [0.15, 0.2) is 11.4 Å². The van der Waals surface area contributed by atoms with E-state index in [-0.39, 0.29) is 22.5 Å². The minimum atomic E-state index is -0.615. The summed E-state index contributed by atoms with van der Waals surface area (Å²) in [7, 11) is 2.93. The number of nitrogens with one attached hydrogen (secondary N) is 1. The largest absolute Gasteiger partial charge is 0.464 e. The zero-order chi connectivity index (χ0) is 19.1. The lowest BCUT2D eigenvalue weighted by Gasteiger charge is -2.33. The third-order valence-corrected chi connectivity index (χ3v) is 4.94. The van der Waals surface area contributed by atoms with Gasteiger partial charge in [-0.3, -0.25) is 9.48 Å². The predicted octanol–water partition coefficient (Wildman–Crippen LogP) is 2.60. The molecule has 8 nitrogen and oxygen atoms in total. The molecule has 1 aliphatic carbocycles. The van der Waals surface area contributed by atoms with Crippen molar-refractivity contribution in [2.45, 2.75) is 40.0 Å². The molecule has 0 radical (unpaired) electrons. The Morgan fingerprint density at radius 3 is 2.73 bits per heavy atom. The molecule has 0 fully saturated rings. The number of anilines is 1. The molecule has 2 heterocycles. The summed E-state index contributed by atoms with van der Waals surface area (Å²) >= 11 is 0. The second kappa shape index (κ2) is 6.59. The van der Waals surface area contributed by atoms with Gasteiger partial charge >= 0.3 is 5.97 Å². The fourth-order valence-electron chi connectivity index (χ4n) is 3.33. The van der Waals surface area contributed by atoms with Crippen molar-refractivity contribution < 1.29 is 18.8 Å². The molecule has 0 aliphatic heterocycles. The van der Waals surface area contributed by atoms with Gasteiger partial charge < -0.3 is 14.6 Å². The van der Waals surface area contributed by atoms with Gasteiger partial charge in [-0.2, -0.15) is 5.10 Å². The standard InChI is InChI=1S/C18H24N4O4/c1-18(2,3)10-6-7-13-11(8-10)14(21-26-13)16(23)19-12-9-22(4)20-15(12)17(24)25-5/h9-10H,6-8H2,1-5H3,(H,19,23). The van der Waals surface area contributed by atoms with E-state index in [1.165, 1.54) is 11.8 Å². The topological polar surface area (TPSA) is 99.2 Å². The maximum atomic E-state index is 12.8. The first kappa shape index (κ1) is 18.2. The number of nitrogens with zero attached hydrogens (tertiary/aromatic N) is 3. The van der Waals surface area contributed by atoms with Crippen molar-refractivity contribution >= 4 is 17.6 Å². The molecule has 1 amide bonds. The first-order chi connectivity index (χ1) is 12.2. The molecular formula is C18H24N4O4. The molecule has 0 saturated carbocycles. The minimum absolute atomic E-state index is 0.0493. The molecular weight excluding hydrogens is 336 g/mol. The van der Waals surface area contributed by atoms with Crippen molar-refractivity contribution in [2.24, 2.45) is 18.4 Å². The van der Waals surface area contributed by atoms with Crippen LogP contribution in [0.3, 0.4) is 0 Å². The summed E-state index contributed by atoms with van der Waals surface area (Å²) in [5.74, 6) is 0.193. The van der Waals surface area contributed by atoms with E-state index in [0.717, 1.165) is 30.6 Å². The minimum Gasteiger partial charge on any atom is -0.464 e. The van der Waals surface area contributed by atoms with Crippen molar-refractivity contribution in [1.29, 1.82) is 0 Å². The van der Waals surface area contributed by atoms with E-state index in [9.17, 15) is 9.59 Å². The lowest BCUT2D eigenvalue weighted by molar-refractivity contribution is 0.0594. The van der Waals surface area contributed by atoms with Gasteiger partial charge in [0.1, 0.15) is 5.76 Å². The van der Waals surface area contributed by atoms with Crippen molar-refractivity contribution in [3.05, 3.63) is 28.9 Å². The lowest BCUT2D eigenvalue weighted by Crippen LogP contribution is -2.27. The zero-order valence-corrected chi connectivity index (χ0v) is 15.8. The average Bonchev–Trinajstić information content (AvgIpc) is 3.16. The maximum Gasteiger partial charge on any atom is 0.360 e. The van der Waals surface area contributed by atoms with Gasteiger partial charge in [-0.05, 0) is 24.2 Å². The SMILES string of the molecule is COC(=O)c1nn(C)cc1NC(=O)c1noc2c1CC(C(C)(C)C)CC2. The molecule has 8 heteroatoms. The number of fused-ring (bicyclic) bond motifs is 1. The van der Waals surface area contributed by atoms with Crippen LogP contribution >= 0.6 is 0 Å². The van der Waals surface area contributed by atoms with E-state index in [1.807, 2.05) is 0 Å². The molecule has 140 valence electrons. The highest BCUT2D eigenvalue weighted by Gasteiger charge is 2.34. The van der Waals surface area contributed by atoms with Crippen molar-refractivity contribution in [1.82, 2.24) is 14.9 Å². The number of ether oxygens (including phenoxy) is 1. The van der Waals surface area contributed by atoms with Crippen LogP contribution in [-0.2, 0) is 24.6 Å². The second-order valence-corrected chi connectivity index (χ2v) is 7.75. The molecule has 3 rings (SSSR count). The molecule has 2 aromatic rings. The Hall–Kier alpha value is -2.64. The number of rotatable bonds is 3. The van der Waals surface area contributed by atoms with Gasteiger partial charge in [0.25, 0.3) is 5.91 Å². The Bertz CT molecular complexity index is 844. The summed E-state index contributed by atoms with van der Waals surface area (Å²) < 4.78 is 11.5. The average molecular weight is 360 g/mol. The molecule has 1 aliphatic rings. The number of aromatic nitrogens is 3. The zero-order valence-electron chi connectivity index (χ0n) is 15.8. The quantitative estimate of drug-likeness (QED) is 0.845. The van der Waals surface area contributed by atoms with Gasteiger partial charge in [-0.15, -0.1) is 0 Å². The predicted molar refractivity (Wildman–Crippen MR) is 94.0 cm³/mol. The van der Waals surface area contributed by atoms with Crippen LogP contribution in [0.25, 0.3) is 0 Å². The summed E-state index contributed by atoms with van der Waals surface area (Å²) in [5.41, 5.74) is 1.60. The Balaban J connectivity index is 1.85. The molecule has 0 bridgehead atoms. The van der Waals surface area contributed by atoms with E-state index >= 15 is 0 Å². The number of hydrogen-bond acceptors (Lipinski definition) is 6. The van der Waals surface area contributed by atoms with E-state index in [4.69, 9.17) is 9.26 Å². The summed E-state index contributed by atoms with van der Waals surface area (Å²) in [6, 6.07) is 0. The first-order valence-corrected chi connectivity index (χ1v) is 8.61.